The van der Waals surface area contributed by atoms with Crippen LogP contribution in [0.4, 0.5) is 0 Å². The lowest BCUT2D eigenvalue weighted by Crippen LogP contribution is -2.01. The summed E-state index contributed by atoms with van der Waals surface area (Å²) in [5.74, 6) is 0.0381. The van der Waals surface area contributed by atoms with Crippen molar-refractivity contribution in [3.63, 3.8) is 0 Å². The predicted molar refractivity (Wildman–Crippen MR) is 51.7 cm³/mol. The molecule has 0 atom stereocenters. The molecule has 1 aromatic rings. The first kappa shape index (κ1) is 9.71. The van der Waals surface area contributed by atoms with Gasteiger partial charge in [-0.05, 0) is 19.9 Å². The first-order chi connectivity index (χ1) is 6.00. The lowest BCUT2D eigenvalue weighted by Gasteiger charge is -1.94. The second-order valence-corrected chi connectivity index (χ2v) is 3.35. The minimum atomic E-state index is 0.0381. The molecule has 0 bridgehead atoms. The van der Waals surface area contributed by atoms with E-state index in [0.717, 1.165) is 11.3 Å². The fourth-order valence-corrected chi connectivity index (χ4v) is 1.06. The Hall–Kier alpha value is -1.38. The number of Topliss-reactive ketones (excluding diaryl/α,β-unsaturated/α-hetero) is 1. The topological polar surface area (TPSA) is 34.9 Å². The zero-order valence-electron chi connectivity index (χ0n) is 8.29. The van der Waals surface area contributed by atoms with E-state index >= 15 is 0 Å². The highest BCUT2D eigenvalue weighted by Crippen LogP contribution is 2.07. The van der Waals surface area contributed by atoms with Crippen molar-refractivity contribution in [2.75, 3.05) is 0 Å². The quantitative estimate of drug-likeness (QED) is 0.523. The zero-order chi connectivity index (χ0) is 10.0. The van der Waals surface area contributed by atoms with Crippen molar-refractivity contribution in [1.29, 1.82) is 0 Å². The van der Waals surface area contributed by atoms with E-state index in [2.05, 4.69) is 11.7 Å². The fraction of sp³-hybridized carbons (Fsp3) is 0.400. The van der Waals surface area contributed by atoms with E-state index in [0.29, 0.717) is 12.1 Å². The lowest BCUT2D eigenvalue weighted by atomic mass is 10.1. The summed E-state index contributed by atoms with van der Waals surface area (Å²) in [6.07, 6.45) is 0.385. The van der Waals surface area contributed by atoms with Gasteiger partial charge in [-0.2, -0.15) is 5.10 Å². The van der Waals surface area contributed by atoms with E-state index in [9.17, 15) is 4.79 Å². The molecule has 3 nitrogen and oxygen atoms in total. The van der Waals surface area contributed by atoms with Gasteiger partial charge in [-0.3, -0.25) is 9.48 Å². The molecule has 0 aromatic carbocycles. The first-order valence-corrected chi connectivity index (χ1v) is 4.19. The van der Waals surface area contributed by atoms with Gasteiger partial charge in [-0.25, -0.2) is 0 Å². The molecule has 0 saturated carbocycles. The third-order valence-electron chi connectivity index (χ3n) is 1.86. The Morgan fingerprint density at radius 2 is 2.31 bits per heavy atom. The molecule has 1 heterocycles. The van der Waals surface area contributed by atoms with Crippen LogP contribution >= 0.6 is 0 Å². The average molecular weight is 178 g/mol. The molecule has 0 aliphatic heterocycles. The Bertz CT molecular complexity index is 330. The number of hydrogen-bond acceptors (Lipinski definition) is 2. The molecule has 0 aliphatic carbocycles. The molecular weight excluding hydrogens is 164 g/mol. The Morgan fingerprint density at radius 1 is 1.69 bits per heavy atom. The van der Waals surface area contributed by atoms with Crippen LogP contribution < -0.4 is 0 Å². The summed E-state index contributed by atoms with van der Waals surface area (Å²) >= 11 is 0. The molecule has 1 rings (SSSR count). The van der Waals surface area contributed by atoms with Gasteiger partial charge in [-0.1, -0.05) is 12.2 Å². The smallest absolute Gasteiger partial charge is 0.187 e. The van der Waals surface area contributed by atoms with E-state index in [1.54, 1.807) is 10.7 Å². The Labute approximate surface area is 78.1 Å². The van der Waals surface area contributed by atoms with Crippen molar-refractivity contribution in [2.45, 2.75) is 20.3 Å². The van der Waals surface area contributed by atoms with Crippen molar-refractivity contribution in [3.8, 4) is 0 Å². The zero-order valence-corrected chi connectivity index (χ0v) is 8.29. The number of carbonyl (C=O) groups is 1. The van der Waals surface area contributed by atoms with Gasteiger partial charge < -0.3 is 0 Å². The summed E-state index contributed by atoms with van der Waals surface area (Å²) < 4.78 is 1.70. The highest BCUT2D eigenvalue weighted by Gasteiger charge is 2.10. The van der Waals surface area contributed by atoms with Gasteiger partial charge in [0.15, 0.2) is 5.78 Å². The molecule has 0 fully saturated rings. The molecule has 0 unspecified atom stereocenters. The fourth-order valence-electron chi connectivity index (χ4n) is 1.06. The standard InChI is InChI=1S/C10H14N2O/c1-7(2)5-10(13)9-6-8(3)12(4)11-9/h6H,1,5H2,2-4H3. The summed E-state index contributed by atoms with van der Waals surface area (Å²) in [6, 6.07) is 1.80. The van der Waals surface area contributed by atoms with E-state index in [4.69, 9.17) is 0 Å². The van der Waals surface area contributed by atoms with Gasteiger partial charge in [0.05, 0.1) is 0 Å². The molecule has 0 spiro atoms. The molecular formula is C10H14N2O. The molecule has 0 N–H and O–H groups in total. The van der Waals surface area contributed by atoms with Gasteiger partial charge in [0, 0.05) is 19.2 Å². The van der Waals surface area contributed by atoms with Crippen LogP contribution in [-0.4, -0.2) is 15.6 Å². The van der Waals surface area contributed by atoms with E-state index in [-0.39, 0.29) is 5.78 Å². The van der Waals surface area contributed by atoms with Crippen LogP contribution in [0, 0.1) is 6.92 Å². The molecule has 13 heavy (non-hydrogen) atoms. The number of hydrogen-bond donors (Lipinski definition) is 0. The number of aromatic nitrogens is 2. The van der Waals surface area contributed by atoms with Crippen molar-refractivity contribution in [2.24, 2.45) is 7.05 Å². The number of aryl methyl sites for hydroxylation is 2. The second-order valence-electron chi connectivity index (χ2n) is 3.35. The van der Waals surface area contributed by atoms with Crippen molar-refractivity contribution in [3.05, 3.63) is 29.6 Å². The largest absolute Gasteiger partial charge is 0.292 e. The predicted octanol–water partition coefficient (Wildman–Crippen LogP) is 1.88. The van der Waals surface area contributed by atoms with Crippen molar-refractivity contribution < 1.29 is 4.79 Å². The summed E-state index contributed by atoms with van der Waals surface area (Å²) in [5, 5.41) is 4.09. The lowest BCUT2D eigenvalue weighted by molar-refractivity contribution is 0.0987. The van der Waals surface area contributed by atoms with Gasteiger partial charge in [0.2, 0.25) is 0 Å². The molecule has 0 radical (unpaired) electrons. The average Bonchev–Trinajstić information content (AvgIpc) is 2.31. The summed E-state index contributed by atoms with van der Waals surface area (Å²) in [6.45, 7) is 7.46. The summed E-state index contributed by atoms with van der Waals surface area (Å²) in [4.78, 5) is 11.5. The van der Waals surface area contributed by atoms with Gasteiger partial charge >= 0.3 is 0 Å². The molecule has 0 saturated heterocycles. The number of allylic oxidation sites excluding steroid dienone is 1. The first-order valence-electron chi connectivity index (χ1n) is 4.19. The highest BCUT2D eigenvalue weighted by molar-refractivity contribution is 5.95. The van der Waals surface area contributed by atoms with E-state index in [1.807, 2.05) is 20.9 Å². The monoisotopic (exact) mass is 178 g/mol. The van der Waals surface area contributed by atoms with Crippen LogP contribution in [0.15, 0.2) is 18.2 Å². The van der Waals surface area contributed by atoms with E-state index < -0.39 is 0 Å². The van der Waals surface area contributed by atoms with Gasteiger partial charge in [0.25, 0.3) is 0 Å². The van der Waals surface area contributed by atoms with Crippen LogP contribution in [-0.2, 0) is 7.05 Å². The van der Waals surface area contributed by atoms with Crippen LogP contribution in [0.5, 0.6) is 0 Å². The van der Waals surface area contributed by atoms with Crippen LogP contribution in [0.2, 0.25) is 0 Å². The van der Waals surface area contributed by atoms with Crippen LogP contribution in [0.25, 0.3) is 0 Å². The minimum absolute atomic E-state index is 0.0381. The maximum Gasteiger partial charge on any atom is 0.187 e. The molecule has 3 heteroatoms. The second kappa shape index (κ2) is 3.56. The Kier molecular flexibility index (Phi) is 2.66. The Morgan fingerprint density at radius 3 is 2.69 bits per heavy atom. The van der Waals surface area contributed by atoms with Gasteiger partial charge in [0.1, 0.15) is 5.69 Å². The maximum atomic E-state index is 11.5. The number of nitrogens with zero attached hydrogens (tertiary/aromatic N) is 2. The number of carbonyl (C=O) groups excluding carboxylic acids is 1. The maximum absolute atomic E-state index is 11.5. The number of rotatable bonds is 3. The SMILES string of the molecule is C=C(C)CC(=O)c1cc(C)n(C)n1. The van der Waals surface area contributed by atoms with Crippen molar-refractivity contribution >= 4 is 5.78 Å². The Balaban J connectivity index is 2.83. The van der Waals surface area contributed by atoms with Crippen LogP contribution in [0.3, 0.4) is 0 Å². The third kappa shape index (κ3) is 2.28. The third-order valence-corrected chi connectivity index (χ3v) is 1.86. The minimum Gasteiger partial charge on any atom is -0.292 e. The molecule has 1 aromatic heterocycles. The molecule has 70 valence electrons. The van der Waals surface area contributed by atoms with E-state index in [1.165, 1.54) is 0 Å². The molecule has 0 amide bonds. The van der Waals surface area contributed by atoms with Crippen molar-refractivity contribution in [1.82, 2.24) is 9.78 Å². The summed E-state index contributed by atoms with van der Waals surface area (Å²) in [7, 11) is 1.83. The normalized spacial score (nSPS) is 10.1. The molecule has 0 aliphatic rings. The van der Waals surface area contributed by atoms with Gasteiger partial charge in [-0.15, -0.1) is 0 Å². The number of ketones is 1. The van der Waals surface area contributed by atoms with Crippen LogP contribution in [0.1, 0.15) is 29.5 Å². The highest BCUT2D eigenvalue weighted by atomic mass is 16.1. The summed E-state index contributed by atoms with van der Waals surface area (Å²) in [5.41, 5.74) is 2.39.